The van der Waals surface area contributed by atoms with Crippen molar-refractivity contribution in [2.75, 3.05) is 27.8 Å². The predicted octanol–water partition coefficient (Wildman–Crippen LogP) is 13.2. The highest BCUT2D eigenvalue weighted by atomic mass is 15.4. The van der Waals surface area contributed by atoms with Gasteiger partial charge in [-0.15, -0.1) is 0 Å². The lowest BCUT2D eigenvalue weighted by atomic mass is 9.73. The van der Waals surface area contributed by atoms with Crippen LogP contribution in [-0.4, -0.2) is 13.1 Å². The van der Waals surface area contributed by atoms with Gasteiger partial charge in [-0.2, -0.15) is 0 Å². The minimum atomic E-state index is -0.0832. The molecule has 5 aromatic rings. The summed E-state index contributed by atoms with van der Waals surface area (Å²) in [6.07, 6.45) is 1.28. The molecule has 0 unspecified atom stereocenters. The van der Waals surface area contributed by atoms with Crippen molar-refractivity contribution in [2.45, 2.75) is 98.3 Å². The summed E-state index contributed by atoms with van der Waals surface area (Å²) in [6.45, 7) is 25.3. The van der Waals surface area contributed by atoms with Gasteiger partial charge in [-0.3, -0.25) is 0 Å². The fourth-order valence-corrected chi connectivity index (χ4v) is 8.66. The fourth-order valence-electron chi connectivity index (χ4n) is 8.66. The molecule has 3 nitrogen and oxygen atoms in total. The quantitative estimate of drug-likeness (QED) is 0.162. The van der Waals surface area contributed by atoms with E-state index in [1.54, 1.807) is 0 Å². The van der Waals surface area contributed by atoms with Gasteiger partial charge < -0.3 is 14.7 Å². The topological polar surface area (TPSA) is 9.72 Å². The number of hydrogen-bond donors (Lipinski definition) is 0. The summed E-state index contributed by atoms with van der Waals surface area (Å²) in [5, 5.41) is 0. The first-order valence-electron chi connectivity index (χ1n) is 19.2. The molecule has 1 radical (unpaired) electrons. The predicted molar refractivity (Wildman–Crippen MR) is 220 cm³/mol. The van der Waals surface area contributed by atoms with E-state index in [9.17, 15) is 0 Å². The monoisotopic (exact) mass is 674 g/mol. The van der Waals surface area contributed by atoms with Crippen molar-refractivity contribution < 1.29 is 0 Å². The van der Waals surface area contributed by atoms with E-state index < -0.39 is 0 Å². The first kappa shape index (κ1) is 34.9. The Kier molecular flexibility index (Phi) is 9.29. The Hall–Kier alpha value is -4.50. The molecule has 1 fully saturated rings. The van der Waals surface area contributed by atoms with E-state index in [2.05, 4.69) is 193 Å². The van der Waals surface area contributed by atoms with Crippen LogP contribution in [0.2, 0.25) is 0 Å². The zero-order valence-electron chi connectivity index (χ0n) is 32.5. The average Bonchev–Trinajstić information content (AvgIpc) is 3.56. The second-order valence-electron chi connectivity index (χ2n) is 16.4. The minimum absolute atomic E-state index is 0.0832. The summed E-state index contributed by atoms with van der Waals surface area (Å²) in [7, 11) is 0. The molecular weight excluding hydrogens is 619 g/mol. The van der Waals surface area contributed by atoms with Gasteiger partial charge in [0.2, 0.25) is 0 Å². The van der Waals surface area contributed by atoms with Crippen LogP contribution in [0.15, 0.2) is 109 Å². The van der Waals surface area contributed by atoms with Crippen LogP contribution in [-0.2, 0) is 5.41 Å². The van der Waals surface area contributed by atoms with E-state index in [-0.39, 0.29) is 5.41 Å². The lowest BCUT2D eigenvalue weighted by molar-refractivity contribution is 0.632. The number of nitrogens with zero attached hydrogens (tertiary/aromatic N) is 3. The minimum Gasteiger partial charge on any atom is -0.339 e. The van der Waals surface area contributed by atoms with Crippen LogP contribution in [0.5, 0.6) is 0 Å². The standard InChI is InChI=1S/C48H56N3/c1-31(2)37-17-15-18-38(32(3)4)45(37)49-29-30-50(46-39(33(5)6)19-16-20-40(46)34(7)8)47(49)35-25-27-36(28-26-35)51-43-23-13-11-21-41(43)48(9,10)42-22-12-14-24-44(42)51/h11-28,31-34H,29-30H2,1-10H3. The number of benzene rings is 5. The molecular formula is C48H56N3. The van der Waals surface area contributed by atoms with Crippen molar-refractivity contribution in [3.63, 3.8) is 0 Å². The number of rotatable bonds is 8. The largest absolute Gasteiger partial charge is 0.339 e. The lowest BCUT2D eigenvalue weighted by Gasteiger charge is -2.42. The van der Waals surface area contributed by atoms with Crippen LogP contribution in [0.3, 0.4) is 0 Å². The summed E-state index contributed by atoms with van der Waals surface area (Å²) in [4.78, 5) is 7.79. The Morgan fingerprint density at radius 3 is 1.20 bits per heavy atom. The maximum Gasteiger partial charge on any atom is 0.187 e. The van der Waals surface area contributed by atoms with Gasteiger partial charge in [-0.05, 0) is 81.3 Å². The third-order valence-electron chi connectivity index (χ3n) is 11.3. The summed E-state index contributed by atoms with van der Waals surface area (Å²) < 4.78 is 0. The number of hydrogen-bond acceptors (Lipinski definition) is 3. The van der Waals surface area contributed by atoms with Crippen molar-refractivity contribution in [1.29, 1.82) is 0 Å². The first-order chi connectivity index (χ1) is 24.4. The van der Waals surface area contributed by atoms with E-state index in [1.807, 2.05) is 0 Å². The van der Waals surface area contributed by atoms with E-state index in [1.165, 1.54) is 73.5 Å². The average molecular weight is 675 g/mol. The first-order valence-corrected chi connectivity index (χ1v) is 19.2. The normalized spacial score (nSPS) is 15.8. The Morgan fingerprint density at radius 1 is 0.451 bits per heavy atom. The van der Waals surface area contributed by atoms with Crippen LogP contribution < -0.4 is 14.7 Å². The Labute approximate surface area is 307 Å². The second-order valence-corrected chi connectivity index (χ2v) is 16.4. The number of anilines is 5. The summed E-state index contributed by atoms with van der Waals surface area (Å²) >= 11 is 0. The molecule has 2 heterocycles. The molecule has 2 aliphatic heterocycles. The van der Waals surface area contributed by atoms with Crippen molar-refractivity contribution >= 4 is 28.4 Å². The van der Waals surface area contributed by atoms with Gasteiger partial charge in [0.1, 0.15) is 0 Å². The molecule has 7 rings (SSSR count). The van der Waals surface area contributed by atoms with Crippen LogP contribution in [0, 0.1) is 6.17 Å². The molecule has 5 aromatic carbocycles. The van der Waals surface area contributed by atoms with Gasteiger partial charge >= 0.3 is 0 Å². The smallest absolute Gasteiger partial charge is 0.187 e. The van der Waals surface area contributed by atoms with Crippen molar-refractivity contribution in [3.05, 3.63) is 154 Å². The van der Waals surface area contributed by atoms with Gasteiger partial charge in [-0.1, -0.05) is 154 Å². The number of fused-ring (bicyclic) bond motifs is 2. The molecule has 3 heteroatoms. The van der Waals surface area contributed by atoms with E-state index in [0.717, 1.165) is 13.1 Å². The zero-order valence-corrected chi connectivity index (χ0v) is 32.5. The van der Waals surface area contributed by atoms with Gasteiger partial charge in [0.25, 0.3) is 0 Å². The van der Waals surface area contributed by atoms with E-state index in [4.69, 9.17) is 0 Å². The molecule has 51 heavy (non-hydrogen) atoms. The third kappa shape index (κ3) is 5.93. The molecule has 0 saturated carbocycles. The highest BCUT2D eigenvalue weighted by Crippen LogP contribution is 2.52. The Bertz CT molecular complexity index is 1840. The maximum atomic E-state index is 2.66. The van der Waals surface area contributed by atoms with E-state index in [0.29, 0.717) is 23.7 Å². The summed E-state index contributed by atoms with van der Waals surface area (Å²) in [5.74, 6) is 1.64. The summed E-state index contributed by atoms with van der Waals surface area (Å²) in [5.41, 5.74) is 16.0. The SMILES string of the molecule is CC(C)c1cccc(C(C)C)c1N1CCN(c2c(C(C)C)cccc2C(C)C)[C]1c1ccc(N2c3ccccc3C(C)(C)c3ccccc32)cc1. The van der Waals surface area contributed by atoms with Gasteiger partial charge in [0.15, 0.2) is 6.17 Å². The van der Waals surface area contributed by atoms with E-state index >= 15 is 0 Å². The number of para-hydroxylation sites is 4. The van der Waals surface area contributed by atoms with Gasteiger partial charge in [-0.25, -0.2) is 0 Å². The highest BCUT2D eigenvalue weighted by Gasteiger charge is 2.41. The van der Waals surface area contributed by atoms with Crippen LogP contribution in [0.4, 0.5) is 28.4 Å². The second kappa shape index (κ2) is 13.6. The molecule has 1 saturated heterocycles. The van der Waals surface area contributed by atoms with Gasteiger partial charge in [0.05, 0.1) is 11.4 Å². The summed E-state index contributed by atoms with van der Waals surface area (Å²) in [6, 6.07) is 41.2. The molecule has 263 valence electrons. The third-order valence-corrected chi connectivity index (χ3v) is 11.3. The molecule has 0 aromatic heterocycles. The highest BCUT2D eigenvalue weighted by molar-refractivity contribution is 5.86. The van der Waals surface area contributed by atoms with Crippen molar-refractivity contribution in [2.24, 2.45) is 0 Å². The lowest BCUT2D eigenvalue weighted by Crippen LogP contribution is -2.34. The molecule has 0 spiro atoms. The van der Waals surface area contributed by atoms with Crippen molar-refractivity contribution in [1.82, 2.24) is 0 Å². The van der Waals surface area contributed by atoms with Crippen LogP contribution >= 0.6 is 0 Å². The molecule has 0 amide bonds. The molecule has 0 aliphatic carbocycles. The Balaban J connectivity index is 1.41. The van der Waals surface area contributed by atoms with Crippen LogP contribution in [0.25, 0.3) is 0 Å². The Morgan fingerprint density at radius 2 is 0.824 bits per heavy atom. The molecule has 2 aliphatic rings. The molecule has 0 bridgehead atoms. The maximum absolute atomic E-state index is 2.66. The molecule has 0 atom stereocenters. The van der Waals surface area contributed by atoms with Gasteiger partial charge in [0, 0.05) is 41.1 Å². The fraction of sp³-hybridized carbons (Fsp3) is 0.354. The van der Waals surface area contributed by atoms with Crippen LogP contribution in [0.1, 0.15) is 132 Å². The zero-order chi connectivity index (χ0) is 36.2. The molecule has 0 N–H and O–H groups in total. The van der Waals surface area contributed by atoms with Crippen molar-refractivity contribution in [3.8, 4) is 0 Å².